The van der Waals surface area contributed by atoms with Crippen LogP contribution in [0.1, 0.15) is 51.0 Å². The Morgan fingerprint density at radius 3 is 2.24 bits per heavy atom. The maximum Gasteiger partial charge on any atom is 0.319 e. The number of piperidine rings is 2. The molecule has 2 saturated heterocycles. The van der Waals surface area contributed by atoms with Crippen molar-refractivity contribution in [3.63, 3.8) is 0 Å². The molecule has 1 aromatic rings. The summed E-state index contributed by atoms with van der Waals surface area (Å²) in [6.45, 7) is 7.36. The molecule has 0 aromatic heterocycles. The molecule has 0 aliphatic carbocycles. The number of carbonyl (C=O) groups excluding carboxylic acids is 2. The Bertz CT molecular complexity index is 693. The maximum atomic E-state index is 13.1. The van der Waals surface area contributed by atoms with Crippen LogP contribution in [0.4, 0.5) is 10.5 Å². The van der Waals surface area contributed by atoms with E-state index in [1.807, 2.05) is 9.80 Å². The minimum absolute atomic E-state index is 0.0432. The lowest BCUT2D eigenvalue weighted by molar-refractivity contribution is -0.138. The monoisotopic (exact) mass is 400 g/mol. The van der Waals surface area contributed by atoms with Crippen molar-refractivity contribution in [1.29, 1.82) is 0 Å². The topological polar surface area (TPSA) is 55.9 Å². The fourth-order valence-electron chi connectivity index (χ4n) is 4.35. The number of urea groups is 1. The Balaban J connectivity index is 1.51. The van der Waals surface area contributed by atoms with Gasteiger partial charge < -0.3 is 20.0 Å². The van der Waals surface area contributed by atoms with Crippen molar-refractivity contribution in [2.24, 2.45) is 5.92 Å². The van der Waals surface area contributed by atoms with Gasteiger partial charge in [-0.15, -0.1) is 0 Å². The fourth-order valence-corrected chi connectivity index (χ4v) is 4.35. The van der Waals surface area contributed by atoms with Gasteiger partial charge in [-0.1, -0.05) is 26.0 Å². The number of nitrogens with one attached hydrogen (secondary N) is 1. The van der Waals surface area contributed by atoms with Gasteiger partial charge in [0.25, 0.3) is 0 Å². The molecule has 3 rings (SSSR count). The molecule has 160 valence electrons. The van der Waals surface area contributed by atoms with Crippen LogP contribution in [-0.4, -0.2) is 73.0 Å². The first-order valence-electron chi connectivity index (χ1n) is 11.0. The zero-order valence-corrected chi connectivity index (χ0v) is 18.4. The average Bonchev–Trinajstić information content (AvgIpc) is 2.73. The van der Waals surface area contributed by atoms with Crippen molar-refractivity contribution >= 4 is 17.6 Å². The molecule has 6 heteroatoms. The molecule has 2 aliphatic rings. The van der Waals surface area contributed by atoms with E-state index in [0.29, 0.717) is 25.0 Å². The molecule has 2 aliphatic heterocycles. The zero-order chi connectivity index (χ0) is 21.0. The molecule has 1 N–H and O–H groups in total. The molecule has 0 radical (unpaired) electrons. The summed E-state index contributed by atoms with van der Waals surface area (Å²) in [6.07, 6.45) is 3.66. The number of nitrogens with zero attached hydrogens (tertiary/aromatic N) is 3. The Hall–Kier alpha value is -2.24. The maximum absolute atomic E-state index is 13.1. The number of hydrogen-bond donors (Lipinski definition) is 1. The Morgan fingerprint density at radius 2 is 1.66 bits per heavy atom. The Labute approximate surface area is 175 Å². The summed E-state index contributed by atoms with van der Waals surface area (Å²) in [6, 6.07) is 9.00. The molecule has 0 saturated carbocycles. The first kappa shape index (κ1) is 21.5. The van der Waals surface area contributed by atoms with Gasteiger partial charge in [0.1, 0.15) is 0 Å². The second-order valence-corrected chi connectivity index (χ2v) is 8.98. The van der Waals surface area contributed by atoms with Gasteiger partial charge in [0, 0.05) is 57.9 Å². The molecule has 29 heavy (non-hydrogen) atoms. The highest BCUT2D eigenvalue weighted by atomic mass is 16.2. The smallest absolute Gasteiger partial charge is 0.319 e. The van der Waals surface area contributed by atoms with Gasteiger partial charge in [-0.3, -0.25) is 4.79 Å². The van der Waals surface area contributed by atoms with Gasteiger partial charge in [-0.25, -0.2) is 4.79 Å². The lowest BCUT2D eigenvalue weighted by atomic mass is 9.94. The lowest BCUT2D eigenvalue weighted by Crippen LogP contribution is -2.50. The van der Waals surface area contributed by atoms with E-state index >= 15 is 0 Å². The van der Waals surface area contributed by atoms with Gasteiger partial charge in [0.15, 0.2) is 0 Å². The van der Waals surface area contributed by atoms with Gasteiger partial charge in [-0.2, -0.15) is 0 Å². The summed E-state index contributed by atoms with van der Waals surface area (Å²) in [5.74, 6) is 0.847. The number of likely N-dealkylation sites (tertiary alicyclic amines) is 2. The Kier molecular flexibility index (Phi) is 7.04. The van der Waals surface area contributed by atoms with Crippen molar-refractivity contribution in [1.82, 2.24) is 14.7 Å². The molecule has 0 spiro atoms. The summed E-state index contributed by atoms with van der Waals surface area (Å²) >= 11 is 0. The first-order valence-corrected chi connectivity index (χ1v) is 11.0. The average molecular weight is 401 g/mol. The minimum Gasteiger partial charge on any atom is -0.381 e. The van der Waals surface area contributed by atoms with Crippen molar-refractivity contribution < 1.29 is 9.59 Å². The fraction of sp³-hybridized carbons (Fsp3) is 0.652. The van der Waals surface area contributed by atoms with Crippen LogP contribution in [0.2, 0.25) is 0 Å². The van der Waals surface area contributed by atoms with Crippen molar-refractivity contribution in [2.75, 3.05) is 45.6 Å². The van der Waals surface area contributed by atoms with E-state index in [2.05, 4.69) is 43.4 Å². The van der Waals surface area contributed by atoms with Crippen molar-refractivity contribution in [3.8, 4) is 0 Å². The van der Waals surface area contributed by atoms with Crippen LogP contribution in [0.15, 0.2) is 24.3 Å². The molecule has 1 atom stereocenters. The van der Waals surface area contributed by atoms with Gasteiger partial charge in [0.2, 0.25) is 5.91 Å². The number of amides is 3. The summed E-state index contributed by atoms with van der Waals surface area (Å²) in [4.78, 5) is 30.7. The van der Waals surface area contributed by atoms with E-state index in [9.17, 15) is 9.59 Å². The van der Waals surface area contributed by atoms with Crippen LogP contribution in [0, 0.1) is 5.92 Å². The van der Waals surface area contributed by atoms with Crippen LogP contribution in [0.3, 0.4) is 0 Å². The molecule has 3 amide bonds. The highest BCUT2D eigenvalue weighted by molar-refractivity contribution is 5.80. The first-order chi connectivity index (χ1) is 13.8. The highest BCUT2D eigenvalue weighted by Gasteiger charge is 2.32. The Morgan fingerprint density at radius 1 is 1.00 bits per heavy atom. The predicted octanol–water partition coefficient (Wildman–Crippen LogP) is 3.61. The third-order valence-electron chi connectivity index (χ3n) is 6.18. The third kappa shape index (κ3) is 5.43. The van der Waals surface area contributed by atoms with Gasteiger partial charge >= 0.3 is 6.03 Å². The van der Waals surface area contributed by atoms with E-state index in [-0.39, 0.29) is 17.9 Å². The second-order valence-electron chi connectivity index (χ2n) is 8.98. The quantitative estimate of drug-likeness (QED) is 0.840. The lowest BCUT2D eigenvalue weighted by Gasteiger charge is -2.38. The van der Waals surface area contributed by atoms with Crippen molar-refractivity contribution in [2.45, 2.75) is 51.5 Å². The van der Waals surface area contributed by atoms with E-state index < -0.39 is 0 Å². The van der Waals surface area contributed by atoms with Crippen LogP contribution in [0.25, 0.3) is 0 Å². The normalized spacial score (nSPS) is 20.7. The predicted molar refractivity (Wildman–Crippen MR) is 117 cm³/mol. The molecule has 2 fully saturated rings. The van der Waals surface area contributed by atoms with E-state index in [1.165, 1.54) is 5.56 Å². The number of hydrogen-bond acceptors (Lipinski definition) is 3. The van der Waals surface area contributed by atoms with Crippen molar-refractivity contribution in [3.05, 3.63) is 29.8 Å². The summed E-state index contributed by atoms with van der Waals surface area (Å²) in [5.41, 5.74) is 2.47. The largest absolute Gasteiger partial charge is 0.381 e. The van der Waals surface area contributed by atoms with Crippen LogP contribution < -0.4 is 5.32 Å². The SMILES string of the molecule is CC(C)c1ccc(N[C@H]2CCCN(C(=O)C3CCN(C(=O)N(C)C)CC3)C2)cc1. The van der Waals surface area contributed by atoms with Gasteiger partial charge in [-0.05, 0) is 49.3 Å². The standard InChI is InChI=1S/C23H36N4O2/c1-17(2)18-7-9-20(10-8-18)24-21-6-5-13-27(16-21)22(28)19-11-14-26(15-12-19)23(29)25(3)4/h7-10,17,19,21,24H,5-6,11-16H2,1-4H3/t21-/m0/s1. The van der Waals surface area contributed by atoms with Gasteiger partial charge in [0.05, 0.1) is 0 Å². The summed E-state index contributed by atoms with van der Waals surface area (Å²) in [5, 5.41) is 3.62. The molecule has 1 aromatic carbocycles. The van der Waals surface area contributed by atoms with E-state index in [1.54, 1.807) is 19.0 Å². The number of benzene rings is 1. The van der Waals surface area contributed by atoms with Crippen LogP contribution >= 0.6 is 0 Å². The molecule has 6 nitrogen and oxygen atoms in total. The molecular formula is C23H36N4O2. The van der Waals surface area contributed by atoms with E-state index in [0.717, 1.165) is 44.5 Å². The van der Waals surface area contributed by atoms with E-state index in [4.69, 9.17) is 0 Å². The molecule has 2 heterocycles. The number of rotatable bonds is 4. The summed E-state index contributed by atoms with van der Waals surface area (Å²) < 4.78 is 0. The third-order valence-corrected chi connectivity index (χ3v) is 6.18. The number of carbonyl (C=O) groups is 2. The second kappa shape index (κ2) is 9.51. The van der Waals surface area contributed by atoms with Crippen LogP contribution in [-0.2, 0) is 4.79 Å². The summed E-state index contributed by atoms with van der Waals surface area (Å²) in [7, 11) is 3.55. The minimum atomic E-state index is 0.0432. The number of anilines is 1. The van der Waals surface area contributed by atoms with Crippen LogP contribution in [0.5, 0.6) is 0 Å². The zero-order valence-electron chi connectivity index (χ0n) is 18.4. The highest BCUT2D eigenvalue weighted by Crippen LogP contribution is 2.24. The molecule has 0 unspecified atom stereocenters. The molecular weight excluding hydrogens is 364 g/mol. The molecule has 0 bridgehead atoms.